The van der Waals surface area contributed by atoms with Crippen LogP contribution in [0.1, 0.15) is 19.4 Å². The van der Waals surface area contributed by atoms with Crippen molar-refractivity contribution in [3.05, 3.63) is 42.0 Å². The SMILES string of the molecule is CC(C)C(=O)/C=C/C(=O)Nc1ccc(C(F)(F)F)cc1. The lowest BCUT2D eigenvalue weighted by Gasteiger charge is -2.07. The van der Waals surface area contributed by atoms with Gasteiger partial charge in [0.05, 0.1) is 5.56 Å². The van der Waals surface area contributed by atoms with Crippen molar-refractivity contribution in [3.8, 4) is 0 Å². The molecule has 0 aliphatic carbocycles. The Labute approximate surface area is 114 Å². The molecular formula is C14H14F3NO2. The third-order valence-corrected chi connectivity index (χ3v) is 2.45. The lowest BCUT2D eigenvalue weighted by Crippen LogP contribution is -2.11. The molecule has 1 amide bonds. The van der Waals surface area contributed by atoms with Crippen molar-refractivity contribution in [2.45, 2.75) is 20.0 Å². The molecule has 0 saturated carbocycles. The highest BCUT2D eigenvalue weighted by molar-refractivity contribution is 6.04. The van der Waals surface area contributed by atoms with Gasteiger partial charge in [-0.1, -0.05) is 13.8 Å². The summed E-state index contributed by atoms with van der Waals surface area (Å²) in [7, 11) is 0. The number of allylic oxidation sites excluding steroid dienone is 1. The molecule has 0 atom stereocenters. The Kier molecular flexibility index (Phi) is 5.07. The maximum Gasteiger partial charge on any atom is 0.416 e. The van der Waals surface area contributed by atoms with Crippen LogP contribution in [-0.2, 0) is 15.8 Å². The van der Waals surface area contributed by atoms with E-state index in [0.29, 0.717) is 0 Å². The number of alkyl halides is 3. The van der Waals surface area contributed by atoms with Crippen molar-refractivity contribution in [1.29, 1.82) is 0 Å². The third-order valence-electron chi connectivity index (χ3n) is 2.45. The molecule has 0 saturated heterocycles. The molecule has 0 aromatic heterocycles. The molecule has 0 fully saturated rings. The molecule has 0 spiro atoms. The van der Waals surface area contributed by atoms with Gasteiger partial charge in [-0.15, -0.1) is 0 Å². The van der Waals surface area contributed by atoms with E-state index in [4.69, 9.17) is 0 Å². The largest absolute Gasteiger partial charge is 0.416 e. The Balaban J connectivity index is 2.66. The first-order valence-corrected chi connectivity index (χ1v) is 5.90. The quantitative estimate of drug-likeness (QED) is 0.861. The van der Waals surface area contributed by atoms with E-state index in [9.17, 15) is 22.8 Å². The lowest BCUT2D eigenvalue weighted by atomic mass is 10.1. The highest BCUT2D eigenvalue weighted by Crippen LogP contribution is 2.29. The third kappa shape index (κ3) is 4.87. The van der Waals surface area contributed by atoms with E-state index in [2.05, 4.69) is 5.32 Å². The molecular weight excluding hydrogens is 271 g/mol. The van der Waals surface area contributed by atoms with Gasteiger partial charge in [-0.25, -0.2) is 0 Å². The fraction of sp³-hybridized carbons (Fsp3) is 0.286. The minimum atomic E-state index is -4.41. The molecule has 0 bridgehead atoms. The fourth-order valence-electron chi connectivity index (χ4n) is 1.28. The van der Waals surface area contributed by atoms with Crippen molar-refractivity contribution in [3.63, 3.8) is 0 Å². The van der Waals surface area contributed by atoms with E-state index in [1.807, 2.05) is 0 Å². The monoisotopic (exact) mass is 285 g/mol. The van der Waals surface area contributed by atoms with Gasteiger partial charge in [0.25, 0.3) is 0 Å². The summed E-state index contributed by atoms with van der Waals surface area (Å²) in [5.74, 6) is -0.989. The summed E-state index contributed by atoms with van der Waals surface area (Å²) >= 11 is 0. The Morgan fingerprint density at radius 2 is 1.65 bits per heavy atom. The number of amides is 1. The average Bonchev–Trinajstić information content (AvgIpc) is 2.35. The Morgan fingerprint density at radius 3 is 2.10 bits per heavy atom. The number of rotatable bonds is 4. The molecule has 1 aromatic carbocycles. The van der Waals surface area contributed by atoms with Gasteiger partial charge in [0.15, 0.2) is 5.78 Å². The van der Waals surface area contributed by atoms with Gasteiger partial charge in [-0.2, -0.15) is 13.2 Å². The molecule has 6 heteroatoms. The van der Waals surface area contributed by atoms with Crippen LogP contribution in [0.4, 0.5) is 18.9 Å². The van der Waals surface area contributed by atoms with Crippen LogP contribution in [-0.4, -0.2) is 11.7 Å². The Bertz CT molecular complexity index is 516. The van der Waals surface area contributed by atoms with Gasteiger partial charge in [-0.05, 0) is 30.3 Å². The standard InChI is InChI=1S/C14H14F3NO2/c1-9(2)12(19)7-8-13(20)18-11-5-3-10(4-6-11)14(15,16)17/h3-9H,1-2H3,(H,18,20)/b8-7+. The average molecular weight is 285 g/mol. The zero-order valence-electron chi connectivity index (χ0n) is 11.0. The second kappa shape index (κ2) is 6.36. The van der Waals surface area contributed by atoms with Crippen LogP contribution in [0.2, 0.25) is 0 Å². The second-order valence-corrected chi connectivity index (χ2v) is 4.45. The topological polar surface area (TPSA) is 46.2 Å². The number of ketones is 1. The Morgan fingerprint density at radius 1 is 1.10 bits per heavy atom. The first kappa shape index (κ1) is 15.9. The molecule has 0 heterocycles. The van der Waals surface area contributed by atoms with Crippen molar-refractivity contribution < 1.29 is 22.8 Å². The summed E-state index contributed by atoms with van der Waals surface area (Å²) in [5.41, 5.74) is -0.564. The summed E-state index contributed by atoms with van der Waals surface area (Å²) in [4.78, 5) is 22.7. The molecule has 1 aromatic rings. The molecule has 1 N–H and O–H groups in total. The summed E-state index contributed by atoms with van der Waals surface area (Å²) in [5, 5.41) is 2.37. The molecule has 0 radical (unpaired) electrons. The zero-order chi connectivity index (χ0) is 15.3. The summed E-state index contributed by atoms with van der Waals surface area (Å²) in [6.07, 6.45) is -2.21. The van der Waals surface area contributed by atoms with Crippen molar-refractivity contribution in [2.75, 3.05) is 5.32 Å². The molecule has 0 unspecified atom stereocenters. The summed E-state index contributed by atoms with van der Waals surface area (Å²) in [6, 6.07) is 4.05. The normalized spacial score (nSPS) is 11.9. The first-order valence-electron chi connectivity index (χ1n) is 5.90. The van der Waals surface area contributed by atoms with Crippen LogP contribution in [0, 0.1) is 5.92 Å². The highest BCUT2D eigenvalue weighted by Gasteiger charge is 2.29. The molecule has 1 rings (SSSR count). The number of hydrogen-bond acceptors (Lipinski definition) is 2. The summed E-state index contributed by atoms with van der Waals surface area (Å²) in [6.45, 7) is 3.39. The van der Waals surface area contributed by atoms with E-state index in [0.717, 1.165) is 36.4 Å². The number of benzene rings is 1. The van der Waals surface area contributed by atoms with E-state index in [-0.39, 0.29) is 17.4 Å². The number of halogens is 3. The second-order valence-electron chi connectivity index (χ2n) is 4.45. The number of nitrogens with one attached hydrogen (secondary N) is 1. The maximum atomic E-state index is 12.3. The Hall–Kier alpha value is -2.11. The molecule has 108 valence electrons. The highest BCUT2D eigenvalue weighted by atomic mass is 19.4. The zero-order valence-corrected chi connectivity index (χ0v) is 11.0. The fourth-order valence-corrected chi connectivity index (χ4v) is 1.28. The number of anilines is 1. The van der Waals surface area contributed by atoms with Gasteiger partial charge in [0.2, 0.25) is 5.91 Å². The molecule has 20 heavy (non-hydrogen) atoms. The van der Waals surface area contributed by atoms with Crippen molar-refractivity contribution >= 4 is 17.4 Å². The minimum absolute atomic E-state index is 0.201. The van der Waals surface area contributed by atoms with Crippen LogP contribution in [0.3, 0.4) is 0 Å². The van der Waals surface area contributed by atoms with Crippen LogP contribution < -0.4 is 5.32 Å². The van der Waals surface area contributed by atoms with Crippen LogP contribution in [0.25, 0.3) is 0 Å². The van der Waals surface area contributed by atoms with Gasteiger partial charge in [0, 0.05) is 17.7 Å². The smallest absolute Gasteiger partial charge is 0.323 e. The maximum absolute atomic E-state index is 12.3. The van der Waals surface area contributed by atoms with Gasteiger partial charge in [-0.3, -0.25) is 9.59 Å². The first-order chi connectivity index (χ1) is 9.20. The summed E-state index contributed by atoms with van der Waals surface area (Å²) < 4.78 is 37.0. The lowest BCUT2D eigenvalue weighted by molar-refractivity contribution is -0.137. The van der Waals surface area contributed by atoms with Gasteiger partial charge < -0.3 is 5.32 Å². The van der Waals surface area contributed by atoms with E-state index in [1.165, 1.54) is 0 Å². The number of hydrogen-bond donors (Lipinski definition) is 1. The van der Waals surface area contributed by atoms with Crippen LogP contribution in [0.5, 0.6) is 0 Å². The van der Waals surface area contributed by atoms with Crippen molar-refractivity contribution in [2.24, 2.45) is 5.92 Å². The van der Waals surface area contributed by atoms with Crippen LogP contribution >= 0.6 is 0 Å². The van der Waals surface area contributed by atoms with E-state index >= 15 is 0 Å². The molecule has 0 aliphatic rings. The van der Waals surface area contributed by atoms with Crippen molar-refractivity contribution in [1.82, 2.24) is 0 Å². The number of carbonyl (C=O) groups excluding carboxylic acids is 2. The van der Waals surface area contributed by atoms with E-state index in [1.54, 1.807) is 13.8 Å². The van der Waals surface area contributed by atoms with Gasteiger partial charge >= 0.3 is 6.18 Å². The minimum Gasteiger partial charge on any atom is -0.323 e. The predicted octanol–water partition coefficient (Wildman–Crippen LogP) is 3.43. The molecule has 3 nitrogen and oxygen atoms in total. The molecule has 0 aliphatic heterocycles. The predicted molar refractivity (Wildman–Crippen MR) is 69.1 cm³/mol. The van der Waals surface area contributed by atoms with Gasteiger partial charge in [0.1, 0.15) is 0 Å². The number of carbonyl (C=O) groups is 2. The van der Waals surface area contributed by atoms with Crippen LogP contribution in [0.15, 0.2) is 36.4 Å². The van der Waals surface area contributed by atoms with E-state index < -0.39 is 17.6 Å².